The zero-order valence-electron chi connectivity index (χ0n) is 13.0. The number of furan rings is 1. The van der Waals surface area contributed by atoms with E-state index in [2.05, 4.69) is 32.9 Å². The van der Waals surface area contributed by atoms with Crippen molar-refractivity contribution >= 4 is 40.4 Å². The van der Waals surface area contributed by atoms with E-state index >= 15 is 0 Å². The Morgan fingerprint density at radius 2 is 1.92 bits per heavy atom. The fraction of sp³-hybridized carbons (Fsp3) is 0.0526. The summed E-state index contributed by atoms with van der Waals surface area (Å²) in [4.78, 5) is 16.3. The topological polar surface area (TPSA) is 55.1 Å². The second-order valence-electron chi connectivity index (χ2n) is 5.15. The van der Waals surface area contributed by atoms with Crippen molar-refractivity contribution in [1.82, 2.24) is 4.98 Å². The van der Waals surface area contributed by atoms with Gasteiger partial charge in [-0.25, -0.2) is 4.98 Å². The molecule has 0 bridgehead atoms. The van der Waals surface area contributed by atoms with E-state index in [1.807, 2.05) is 55.5 Å². The van der Waals surface area contributed by atoms with Crippen molar-refractivity contribution in [3.8, 4) is 11.3 Å². The third-order valence-electron chi connectivity index (χ3n) is 3.36. The number of anilines is 1. The van der Waals surface area contributed by atoms with Crippen molar-refractivity contribution in [2.75, 3.05) is 5.32 Å². The molecule has 3 aromatic rings. The molecule has 0 saturated heterocycles. The van der Waals surface area contributed by atoms with Gasteiger partial charge in [0.2, 0.25) is 5.91 Å². The number of halogens is 1. The Balaban J connectivity index is 1.66. The standard InChI is InChI=1S/C19H15IN2O2/c1-13-16(20)9-11-18(21-13)22-19(23)12-8-15-7-10-17(24-15)14-5-3-2-4-6-14/h2-12H,1H3,(H,21,22,23)/b12-8+. The van der Waals surface area contributed by atoms with E-state index in [-0.39, 0.29) is 5.91 Å². The van der Waals surface area contributed by atoms with Crippen molar-refractivity contribution in [3.63, 3.8) is 0 Å². The van der Waals surface area contributed by atoms with E-state index in [0.717, 1.165) is 20.6 Å². The Kier molecular flexibility index (Phi) is 5.10. The van der Waals surface area contributed by atoms with Crippen LogP contribution in [0.5, 0.6) is 0 Å². The average molecular weight is 430 g/mol. The second-order valence-corrected chi connectivity index (χ2v) is 6.32. The van der Waals surface area contributed by atoms with Gasteiger partial charge in [0.05, 0.1) is 5.69 Å². The first-order valence-electron chi connectivity index (χ1n) is 7.39. The summed E-state index contributed by atoms with van der Waals surface area (Å²) in [6, 6.07) is 17.2. The van der Waals surface area contributed by atoms with E-state index in [1.54, 1.807) is 12.1 Å². The first-order valence-corrected chi connectivity index (χ1v) is 8.47. The highest BCUT2D eigenvalue weighted by Crippen LogP contribution is 2.22. The third kappa shape index (κ3) is 4.11. The van der Waals surface area contributed by atoms with Gasteiger partial charge < -0.3 is 9.73 Å². The molecule has 0 aliphatic carbocycles. The van der Waals surface area contributed by atoms with Crippen LogP contribution in [0.2, 0.25) is 0 Å². The normalized spacial score (nSPS) is 10.9. The van der Waals surface area contributed by atoms with E-state index < -0.39 is 0 Å². The molecular weight excluding hydrogens is 415 g/mol. The number of aryl methyl sites for hydroxylation is 1. The number of benzene rings is 1. The Morgan fingerprint density at radius 1 is 1.12 bits per heavy atom. The molecule has 1 N–H and O–H groups in total. The maximum Gasteiger partial charge on any atom is 0.249 e. The van der Waals surface area contributed by atoms with Gasteiger partial charge in [0, 0.05) is 15.2 Å². The number of aromatic nitrogens is 1. The molecule has 0 spiro atoms. The second kappa shape index (κ2) is 7.44. The molecule has 3 rings (SSSR count). The summed E-state index contributed by atoms with van der Waals surface area (Å²) in [7, 11) is 0. The first-order chi connectivity index (χ1) is 11.6. The lowest BCUT2D eigenvalue weighted by atomic mass is 10.2. The molecule has 120 valence electrons. The zero-order chi connectivity index (χ0) is 16.9. The van der Waals surface area contributed by atoms with Crippen molar-refractivity contribution < 1.29 is 9.21 Å². The van der Waals surface area contributed by atoms with Gasteiger partial charge in [-0.1, -0.05) is 30.3 Å². The molecule has 0 saturated carbocycles. The molecule has 5 heteroatoms. The summed E-state index contributed by atoms with van der Waals surface area (Å²) in [6.45, 7) is 1.90. The number of carbonyl (C=O) groups is 1. The van der Waals surface area contributed by atoms with Crippen LogP contribution in [0.25, 0.3) is 17.4 Å². The number of rotatable bonds is 4. The largest absolute Gasteiger partial charge is 0.457 e. The fourth-order valence-corrected chi connectivity index (χ4v) is 2.44. The Hall–Kier alpha value is -2.41. The Labute approximate surface area is 153 Å². The molecule has 4 nitrogen and oxygen atoms in total. The molecule has 2 aromatic heterocycles. The van der Waals surface area contributed by atoms with Crippen LogP contribution in [0.3, 0.4) is 0 Å². The lowest BCUT2D eigenvalue weighted by Gasteiger charge is -2.03. The predicted molar refractivity (Wildman–Crippen MR) is 103 cm³/mol. The highest BCUT2D eigenvalue weighted by molar-refractivity contribution is 14.1. The van der Waals surface area contributed by atoms with Gasteiger partial charge in [0.1, 0.15) is 17.3 Å². The highest BCUT2D eigenvalue weighted by Gasteiger charge is 2.04. The number of nitrogens with one attached hydrogen (secondary N) is 1. The molecule has 0 unspecified atom stereocenters. The smallest absolute Gasteiger partial charge is 0.249 e. The third-order valence-corrected chi connectivity index (χ3v) is 4.50. The van der Waals surface area contributed by atoms with Gasteiger partial charge in [0.15, 0.2) is 0 Å². The van der Waals surface area contributed by atoms with Gasteiger partial charge in [-0.3, -0.25) is 4.79 Å². The minimum absolute atomic E-state index is 0.249. The molecule has 0 fully saturated rings. The van der Waals surface area contributed by atoms with E-state index in [0.29, 0.717) is 11.6 Å². The first kappa shape index (κ1) is 16.4. The lowest BCUT2D eigenvalue weighted by Crippen LogP contribution is -2.09. The lowest BCUT2D eigenvalue weighted by molar-refractivity contribution is -0.111. The molecule has 1 aromatic carbocycles. The highest BCUT2D eigenvalue weighted by atomic mass is 127. The molecule has 0 radical (unpaired) electrons. The minimum atomic E-state index is -0.249. The summed E-state index contributed by atoms with van der Waals surface area (Å²) in [5.74, 6) is 1.68. The van der Waals surface area contributed by atoms with Crippen LogP contribution < -0.4 is 5.32 Å². The molecule has 24 heavy (non-hydrogen) atoms. The zero-order valence-corrected chi connectivity index (χ0v) is 15.2. The number of nitrogens with zero attached hydrogens (tertiary/aromatic N) is 1. The molecule has 1 amide bonds. The van der Waals surface area contributed by atoms with Crippen LogP contribution in [-0.4, -0.2) is 10.9 Å². The van der Waals surface area contributed by atoms with Gasteiger partial charge in [-0.15, -0.1) is 0 Å². The van der Waals surface area contributed by atoms with E-state index in [4.69, 9.17) is 4.42 Å². The van der Waals surface area contributed by atoms with Gasteiger partial charge in [0.25, 0.3) is 0 Å². The van der Waals surface area contributed by atoms with Gasteiger partial charge >= 0.3 is 0 Å². The molecular formula is C19H15IN2O2. The fourth-order valence-electron chi connectivity index (χ4n) is 2.14. The number of hydrogen-bond donors (Lipinski definition) is 1. The van der Waals surface area contributed by atoms with Crippen LogP contribution in [-0.2, 0) is 4.79 Å². The number of hydrogen-bond acceptors (Lipinski definition) is 3. The minimum Gasteiger partial charge on any atom is -0.457 e. The Morgan fingerprint density at radius 3 is 2.67 bits per heavy atom. The number of carbonyl (C=O) groups excluding carboxylic acids is 1. The van der Waals surface area contributed by atoms with Crippen molar-refractivity contribution in [1.29, 1.82) is 0 Å². The Bertz CT molecular complexity index is 885. The van der Waals surface area contributed by atoms with Crippen LogP contribution in [0, 0.1) is 10.5 Å². The number of amides is 1. The maximum absolute atomic E-state index is 12.0. The monoisotopic (exact) mass is 430 g/mol. The molecule has 0 aliphatic heterocycles. The van der Waals surface area contributed by atoms with Crippen molar-refractivity contribution in [2.45, 2.75) is 6.92 Å². The predicted octanol–water partition coefficient (Wildman–Crippen LogP) is 4.91. The van der Waals surface area contributed by atoms with E-state index in [9.17, 15) is 4.79 Å². The van der Waals surface area contributed by atoms with Gasteiger partial charge in [-0.2, -0.15) is 0 Å². The van der Waals surface area contributed by atoms with Gasteiger partial charge in [-0.05, 0) is 59.9 Å². The maximum atomic E-state index is 12.0. The quantitative estimate of drug-likeness (QED) is 0.473. The van der Waals surface area contributed by atoms with Crippen LogP contribution in [0.15, 0.2) is 65.1 Å². The summed E-state index contributed by atoms with van der Waals surface area (Å²) in [5, 5.41) is 2.74. The molecule has 0 atom stereocenters. The van der Waals surface area contributed by atoms with Crippen molar-refractivity contribution in [3.05, 3.63) is 75.7 Å². The van der Waals surface area contributed by atoms with Crippen molar-refractivity contribution in [2.24, 2.45) is 0 Å². The van der Waals surface area contributed by atoms with Crippen LogP contribution in [0.4, 0.5) is 5.82 Å². The molecule has 2 heterocycles. The SMILES string of the molecule is Cc1nc(NC(=O)/C=C/c2ccc(-c3ccccc3)o2)ccc1I. The summed E-state index contributed by atoms with van der Waals surface area (Å²) in [5.41, 5.74) is 1.89. The number of pyridine rings is 1. The molecule has 0 aliphatic rings. The van der Waals surface area contributed by atoms with Crippen LogP contribution >= 0.6 is 22.6 Å². The van der Waals surface area contributed by atoms with Crippen LogP contribution in [0.1, 0.15) is 11.5 Å². The summed E-state index contributed by atoms with van der Waals surface area (Å²) in [6.07, 6.45) is 3.07. The summed E-state index contributed by atoms with van der Waals surface area (Å²) >= 11 is 2.20. The average Bonchev–Trinajstić information content (AvgIpc) is 3.06. The summed E-state index contributed by atoms with van der Waals surface area (Å²) < 4.78 is 6.78. The van der Waals surface area contributed by atoms with E-state index in [1.165, 1.54) is 6.08 Å².